The van der Waals surface area contributed by atoms with Crippen LogP contribution >= 0.6 is 0 Å². The quantitative estimate of drug-likeness (QED) is 0.920. The average Bonchev–Trinajstić information content (AvgIpc) is 2.46. The topological polar surface area (TPSA) is 38.7 Å². The van der Waals surface area contributed by atoms with Gasteiger partial charge in [-0.2, -0.15) is 0 Å². The van der Waals surface area contributed by atoms with Crippen LogP contribution in [0.3, 0.4) is 0 Å². The van der Waals surface area contributed by atoms with Crippen molar-refractivity contribution in [1.82, 2.24) is 0 Å². The maximum Gasteiger partial charge on any atom is 0.129 e. The highest BCUT2D eigenvalue weighted by Gasteiger charge is 2.18. The second-order valence-corrected chi connectivity index (χ2v) is 4.03. The highest BCUT2D eigenvalue weighted by Crippen LogP contribution is 2.33. The molecule has 0 radical (unpaired) electrons. The van der Waals surface area contributed by atoms with Crippen LogP contribution in [0.15, 0.2) is 42.5 Å². The molecule has 0 spiro atoms. The van der Waals surface area contributed by atoms with Crippen molar-refractivity contribution in [1.29, 1.82) is 0 Å². The van der Waals surface area contributed by atoms with Crippen LogP contribution in [0.2, 0.25) is 0 Å². The molecule has 1 atom stereocenters. The van der Waals surface area contributed by atoms with E-state index >= 15 is 0 Å². The van der Waals surface area contributed by atoms with Crippen molar-refractivity contribution in [2.45, 2.75) is 6.10 Å². The molecule has 0 aliphatic rings. The lowest BCUT2D eigenvalue weighted by atomic mass is 10.00. The number of aliphatic hydroxyl groups excluding tert-OH is 1. The SMILES string of the molecule is COc1ccc([C@H](O)c2ccccc2F)c(OC)c1. The van der Waals surface area contributed by atoms with Crippen molar-refractivity contribution < 1.29 is 19.0 Å². The third-order valence-electron chi connectivity index (χ3n) is 2.94. The van der Waals surface area contributed by atoms with Gasteiger partial charge >= 0.3 is 0 Å². The van der Waals surface area contributed by atoms with E-state index in [0.717, 1.165) is 0 Å². The zero-order valence-electron chi connectivity index (χ0n) is 10.8. The second kappa shape index (κ2) is 5.71. The maximum absolute atomic E-state index is 13.7. The van der Waals surface area contributed by atoms with Gasteiger partial charge in [0.1, 0.15) is 23.4 Å². The van der Waals surface area contributed by atoms with Gasteiger partial charge in [0.15, 0.2) is 0 Å². The average molecular weight is 262 g/mol. The fourth-order valence-corrected chi connectivity index (χ4v) is 1.91. The van der Waals surface area contributed by atoms with E-state index in [4.69, 9.17) is 9.47 Å². The third kappa shape index (κ3) is 2.69. The van der Waals surface area contributed by atoms with Crippen LogP contribution in [-0.2, 0) is 0 Å². The molecular weight excluding hydrogens is 247 g/mol. The summed E-state index contributed by atoms with van der Waals surface area (Å²) in [5.41, 5.74) is 0.708. The summed E-state index contributed by atoms with van der Waals surface area (Å²) in [4.78, 5) is 0. The molecule has 1 N–H and O–H groups in total. The minimum absolute atomic E-state index is 0.214. The molecule has 0 heterocycles. The Labute approximate surface area is 111 Å². The molecular formula is C15H15FO3. The summed E-state index contributed by atoms with van der Waals surface area (Å²) in [6.45, 7) is 0. The summed E-state index contributed by atoms with van der Waals surface area (Å²) in [5, 5.41) is 10.3. The van der Waals surface area contributed by atoms with E-state index in [1.807, 2.05) is 0 Å². The van der Waals surface area contributed by atoms with Crippen molar-refractivity contribution in [2.75, 3.05) is 14.2 Å². The molecule has 2 rings (SSSR count). The Balaban J connectivity index is 2.44. The highest BCUT2D eigenvalue weighted by molar-refractivity contribution is 5.45. The van der Waals surface area contributed by atoms with Crippen molar-refractivity contribution in [2.24, 2.45) is 0 Å². The molecule has 0 aliphatic heterocycles. The fraction of sp³-hybridized carbons (Fsp3) is 0.200. The molecule has 3 nitrogen and oxygen atoms in total. The molecule has 0 saturated carbocycles. The molecule has 0 amide bonds. The number of aliphatic hydroxyl groups is 1. The molecule has 0 saturated heterocycles. The Morgan fingerprint density at radius 1 is 1.00 bits per heavy atom. The molecule has 0 unspecified atom stereocenters. The van der Waals surface area contributed by atoms with Crippen LogP contribution in [0.1, 0.15) is 17.2 Å². The van der Waals surface area contributed by atoms with Gasteiger partial charge in [-0.25, -0.2) is 4.39 Å². The van der Waals surface area contributed by atoms with Crippen molar-refractivity contribution in [3.8, 4) is 11.5 Å². The summed E-state index contributed by atoms with van der Waals surface area (Å²) in [7, 11) is 3.04. The fourth-order valence-electron chi connectivity index (χ4n) is 1.91. The van der Waals surface area contributed by atoms with Crippen LogP contribution in [0.5, 0.6) is 11.5 Å². The first-order chi connectivity index (χ1) is 9.17. The second-order valence-electron chi connectivity index (χ2n) is 4.03. The smallest absolute Gasteiger partial charge is 0.129 e. The van der Waals surface area contributed by atoms with Gasteiger partial charge in [0.2, 0.25) is 0 Å². The number of benzene rings is 2. The van der Waals surface area contributed by atoms with Crippen LogP contribution in [0.25, 0.3) is 0 Å². The van der Waals surface area contributed by atoms with Crippen LogP contribution in [-0.4, -0.2) is 19.3 Å². The number of rotatable bonds is 4. The molecule has 4 heteroatoms. The minimum atomic E-state index is -1.08. The van der Waals surface area contributed by atoms with Gasteiger partial charge in [0.05, 0.1) is 14.2 Å². The van der Waals surface area contributed by atoms with Crippen molar-refractivity contribution >= 4 is 0 Å². The highest BCUT2D eigenvalue weighted by atomic mass is 19.1. The number of halogens is 1. The summed E-state index contributed by atoms with van der Waals surface area (Å²) in [6.07, 6.45) is -1.08. The summed E-state index contributed by atoms with van der Waals surface area (Å²) in [6, 6.07) is 11.1. The molecule has 2 aromatic carbocycles. The lowest BCUT2D eigenvalue weighted by molar-refractivity contribution is 0.209. The van der Waals surface area contributed by atoms with E-state index in [9.17, 15) is 9.50 Å². The first-order valence-corrected chi connectivity index (χ1v) is 5.81. The maximum atomic E-state index is 13.7. The third-order valence-corrected chi connectivity index (χ3v) is 2.94. The lowest BCUT2D eigenvalue weighted by Gasteiger charge is -2.16. The summed E-state index contributed by atoms with van der Waals surface area (Å²) in [5.74, 6) is 0.615. The molecule has 2 aromatic rings. The van der Waals surface area contributed by atoms with E-state index in [1.54, 1.807) is 43.5 Å². The van der Waals surface area contributed by atoms with Gasteiger partial charge in [0, 0.05) is 17.2 Å². The summed E-state index contributed by atoms with van der Waals surface area (Å²) < 4.78 is 24.0. The zero-order valence-corrected chi connectivity index (χ0v) is 10.8. The Morgan fingerprint density at radius 2 is 1.74 bits per heavy atom. The van der Waals surface area contributed by atoms with Gasteiger partial charge in [-0.3, -0.25) is 0 Å². The Kier molecular flexibility index (Phi) is 4.02. The van der Waals surface area contributed by atoms with E-state index < -0.39 is 11.9 Å². The predicted octanol–water partition coefficient (Wildman–Crippen LogP) is 2.92. The standard InChI is InChI=1S/C15H15FO3/c1-18-10-7-8-12(14(9-10)19-2)15(17)11-5-3-4-6-13(11)16/h3-9,15,17H,1-2H3/t15-/m1/s1. The first kappa shape index (κ1) is 13.4. The van der Waals surface area contributed by atoms with E-state index in [2.05, 4.69) is 0 Å². The number of hydrogen-bond acceptors (Lipinski definition) is 3. The van der Waals surface area contributed by atoms with Crippen LogP contribution in [0.4, 0.5) is 4.39 Å². The lowest BCUT2D eigenvalue weighted by Crippen LogP contribution is -2.04. The normalized spacial score (nSPS) is 12.0. The molecule has 0 bridgehead atoms. The Morgan fingerprint density at radius 3 is 2.37 bits per heavy atom. The number of ether oxygens (including phenoxy) is 2. The van der Waals surface area contributed by atoms with E-state index in [0.29, 0.717) is 17.1 Å². The minimum Gasteiger partial charge on any atom is -0.497 e. The molecule has 0 aliphatic carbocycles. The van der Waals surface area contributed by atoms with Gasteiger partial charge < -0.3 is 14.6 Å². The van der Waals surface area contributed by atoms with Crippen LogP contribution in [0, 0.1) is 5.82 Å². The Hall–Kier alpha value is -2.07. The molecule has 100 valence electrons. The van der Waals surface area contributed by atoms with Gasteiger partial charge in [-0.15, -0.1) is 0 Å². The van der Waals surface area contributed by atoms with E-state index in [-0.39, 0.29) is 5.56 Å². The largest absolute Gasteiger partial charge is 0.497 e. The van der Waals surface area contributed by atoms with E-state index in [1.165, 1.54) is 13.2 Å². The monoisotopic (exact) mass is 262 g/mol. The molecule has 19 heavy (non-hydrogen) atoms. The summed E-state index contributed by atoms with van der Waals surface area (Å²) >= 11 is 0. The zero-order chi connectivity index (χ0) is 13.8. The van der Waals surface area contributed by atoms with Gasteiger partial charge in [0.25, 0.3) is 0 Å². The van der Waals surface area contributed by atoms with Gasteiger partial charge in [-0.05, 0) is 18.2 Å². The molecule has 0 fully saturated rings. The number of hydrogen-bond donors (Lipinski definition) is 1. The van der Waals surface area contributed by atoms with Crippen molar-refractivity contribution in [3.63, 3.8) is 0 Å². The Bertz CT molecular complexity index is 569. The van der Waals surface area contributed by atoms with Crippen LogP contribution < -0.4 is 9.47 Å². The predicted molar refractivity (Wildman–Crippen MR) is 70.0 cm³/mol. The molecule has 0 aromatic heterocycles. The van der Waals surface area contributed by atoms with Gasteiger partial charge in [-0.1, -0.05) is 18.2 Å². The van der Waals surface area contributed by atoms with Crippen molar-refractivity contribution in [3.05, 3.63) is 59.4 Å². The first-order valence-electron chi connectivity index (χ1n) is 5.81. The number of methoxy groups -OCH3 is 2.